The SMILES string of the molecule is CCCCOc1cc(C(O)CC)ccc1OC. The van der Waals surface area contributed by atoms with E-state index in [1.54, 1.807) is 7.11 Å². The van der Waals surface area contributed by atoms with Crippen molar-refractivity contribution in [2.75, 3.05) is 13.7 Å². The first-order valence-corrected chi connectivity index (χ1v) is 6.21. The van der Waals surface area contributed by atoms with Crippen LogP contribution in [0, 0.1) is 0 Å². The molecule has 96 valence electrons. The number of ether oxygens (including phenoxy) is 2. The lowest BCUT2D eigenvalue weighted by Crippen LogP contribution is -2.01. The van der Waals surface area contributed by atoms with Crippen LogP contribution >= 0.6 is 0 Å². The van der Waals surface area contributed by atoms with Gasteiger partial charge in [0, 0.05) is 0 Å². The van der Waals surface area contributed by atoms with Crippen molar-refractivity contribution in [3.8, 4) is 11.5 Å². The van der Waals surface area contributed by atoms with Crippen molar-refractivity contribution >= 4 is 0 Å². The summed E-state index contributed by atoms with van der Waals surface area (Å²) in [6.45, 7) is 4.75. The lowest BCUT2D eigenvalue weighted by Gasteiger charge is -2.14. The van der Waals surface area contributed by atoms with Crippen molar-refractivity contribution in [3.63, 3.8) is 0 Å². The van der Waals surface area contributed by atoms with Crippen LogP contribution in [0.15, 0.2) is 18.2 Å². The highest BCUT2D eigenvalue weighted by Gasteiger charge is 2.10. The summed E-state index contributed by atoms with van der Waals surface area (Å²) >= 11 is 0. The number of aliphatic hydroxyl groups excluding tert-OH is 1. The first-order chi connectivity index (χ1) is 8.22. The van der Waals surface area contributed by atoms with Crippen molar-refractivity contribution in [2.24, 2.45) is 0 Å². The van der Waals surface area contributed by atoms with Gasteiger partial charge in [-0.2, -0.15) is 0 Å². The van der Waals surface area contributed by atoms with Gasteiger partial charge in [-0.1, -0.05) is 26.3 Å². The molecule has 1 atom stereocenters. The van der Waals surface area contributed by atoms with Gasteiger partial charge in [-0.3, -0.25) is 0 Å². The molecule has 0 aliphatic heterocycles. The predicted molar refractivity (Wildman–Crippen MR) is 68.6 cm³/mol. The van der Waals surface area contributed by atoms with Gasteiger partial charge >= 0.3 is 0 Å². The van der Waals surface area contributed by atoms with E-state index in [1.807, 2.05) is 25.1 Å². The average molecular weight is 238 g/mol. The molecule has 0 heterocycles. The highest BCUT2D eigenvalue weighted by Crippen LogP contribution is 2.31. The van der Waals surface area contributed by atoms with E-state index in [-0.39, 0.29) is 0 Å². The molecule has 0 spiro atoms. The van der Waals surface area contributed by atoms with E-state index in [2.05, 4.69) is 6.92 Å². The van der Waals surface area contributed by atoms with E-state index in [4.69, 9.17) is 9.47 Å². The summed E-state index contributed by atoms with van der Waals surface area (Å²) in [7, 11) is 1.62. The highest BCUT2D eigenvalue weighted by atomic mass is 16.5. The quantitative estimate of drug-likeness (QED) is 0.741. The summed E-state index contributed by atoms with van der Waals surface area (Å²) in [5, 5.41) is 9.79. The second-order valence-electron chi connectivity index (χ2n) is 4.04. The van der Waals surface area contributed by atoms with Crippen LogP contribution in [0.2, 0.25) is 0 Å². The molecule has 0 aliphatic carbocycles. The van der Waals surface area contributed by atoms with Gasteiger partial charge in [0.2, 0.25) is 0 Å². The smallest absolute Gasteiger partial charge is 0.161 e. The Balaban J connectivity index is 2.82. The topological polar surface area (TPSA) is 38.7 Å². The number of hydrogen-bond donors (Lipinski definition) is 1. The zero-order valence-corrected chi connectivity index (χ0v) is 10.9. The van der Waals surface area contributed by atoms with Crippen molar-refractivity contribution in [2.45, 2.75) is 39.2 Å². The van der Waals surface area contributed by atoms with Crippen molar-refractivity contribution in [3.05, 3.63) is 23.8 Å². The van der Waals surface area contributed by atoms with Gasteiger partial charge in [0.25, 0.3) is 0 Å². The van der Waals surface area contributed by atoms with Crippen molar-refractivity contribution in [1.29, 1.82) is 0 Å². The fourth-order valence-electron chi connectivity index (χ4n) is 1.58. The minimum Gasteiger partial charge on any atom is -0.493 e. The summed E-state index contributed by atoms with van der Waals surface area (Å²) in [6, 6.07) is 5.58. The zero-order chi connectivity index (χ0) is 12.7. The second kappa shape index (κ2) is 7.17. The first kappa shape index (κ1) is 13.8. The Hall–Kier alpha value is -1.22. The highest BCUT2D eigenvalue weighted by molar-refractivity contribution is 5.43. The van der Waals surface area contributed by atoms with E-state index in [0.717, 1.165) is 18.4 Å². The third-order valence-electron chi connectivity index (χ3n) is 2.71. The van der Waals surface area contributed by atoms with Gasteiger partial charge in [0.1, 0.15) is 0 Å². The Morgan fingerprint density at radius 2 is 2.00 bits per heavy atom. The molecule has 0 aromatic heterocycles. The van der Waals surface area contributed by atoms with Crippen LogP contribution < -0.4 is 9.47 Å². The molecule has 1 aromatic carbocycles. The van der Waals surface area contributed by atoms with Crippen LogP contribution in [0.4, 0.5) is 0 Å². The molecule has 0 radical (unpaired) electrons. The Kier molecular flexibility index (Phi) is 5.84. The molecule has 1 rings (SSSR count). The number of aliphatic hydroxyl groups is 1. The van der Waals surface area contributed by atoms with E-state index in [9.17, 15) is 5.11 Å². The molecule has 0 fully saturated rings. The lowest BCUT2D eigenvalue weighted by atomic mass is 10.1. The molecular weight excluding hydrogens is 216 g/mol. The van der Waals surface area contributed by atoms with Crippen LogP contribution in [-0.4, -0.2) is 18.8 Å². The Morgan fingerprint density at radius 3 is 2.59 bits per heavy atom. The summed E-state index contributed by atoms with van der Waals surface area (Å²) in [5.41, 5.74) is 0.875. The Morgan fingerprint density at radius 1 is 1.24 bits per heavy atom. The molecule has 0 aliphatic rings. The molecule has 17 heavy (non-hydrogen) atoms. The Labute approximate surface area is 103 Å². The van der Waals surface area contributed by atoms with Gasteiger partial charge in [-0.15, -0.1) is 0 Å². The molecule has 0 amide bonds. The maximum atomic E-state index is 9.79. The van der Waals surface area contributed by atoms with Gasteiger partial charge in [-0.25, -0.2) is 0 Å². The third kappa shape index (κ3) is 3.93. The van der Waals surface area contributed by atoms with E-state index >= 15 is 0 Å². The lowest BCUT2D eigenvalue weighted by molar-refractivity contribution is 0.173. The maximum absolute atomic E-state index is 9.79. The largest absolute Gasteiger partial charge is 0.493 e. The fourth-order valence-corrected chi connectivity index (χ4v) is 1.58. The van der Waals surface area contributed by atoms with Crippen molar-refractivity contribution < 1.29 is 14.6 Å². The molecular formula is C14H22O3. The van der Waals surface area contributed by atoms with Crippen LogP contribution in [0.3, 0.4) is 0 Å². The summed E-state index contributed by atoms with van der Waals surface area (Å²) in [5.74, 6) is 1.43. The summed E-state index contributed by atoms with van der Waals surface area (Å²) in [6.07, 6.45) is 2.37. The van der Waals surface area contributed by atoms with Crippen LogP contribution in [-0.2, 0) is 0 Å². The minimum atomic E-state index is -0.436. The molecule has 1 unspecified atom stereocenters. The number of hydrogen-bond acceptors (Lipinski definition) is 3. The Bertz CT molecular complexity index is 336. The number of methoxy groups -OCH3 is 1. The van der Waals surface area contributed by atoms with E-state index in [1.165, 1.54) is 0 Å². The fraction of sp³-hybridized carbons (Fsp3) is 0.571. The van der Waals surface area contributed by atoms with E-state index < -0.39 is 6.10 Å². The van der Waals surface area contributed by atoms with Gasteiger partial charge < -0.3 is 14.6 Å². The molecule has 1 aromatic rings. The minimum absolute atomic E-state index is 0.436. The molecule has 0 saturated carbocycles. The van der Waals surface area contributed by atoms with Crippen LogP contribution in [0.5, 0.6) is 11.5 Å². The maximum Gasteiger partial charge on any atom is 0.161 e. The molecule has 3 nitrogen and oxygen atoms in total. The van der Waals surface area contributed by atoms with Crippen LogP contribution in [0.1, 0.15) is 44.8 Å². The third-order valence-corrected chi connectivity index (χ3v) is 2.71. The predicted octanol–water partition coefficient (Wildman–Crippen LogP) is 3.32. The van der Waals surface area contributed by atoms with Crippen LogP contribution in [0.25, 0.3) is 0 Å². The molecule has 0 bridgehead atoms. The summed E-state index contributed by atoms with van der Waals surface area (Å²) in [4.78, 5) is 0. The van der Waals surface area contributed by atoms with Gasteiger partial charge in [-0.05, 0) is 30.5 Å². The molecule has 3 heteroatoms. The first-order valence-electron chi connectivity index (χ1n) is 6.21. The number of unbranched alkanes of at least 4 members (excludes halogenated alkanes) is 1. The van der Waals surface area contributed by atoms with E-state index in [0.29, 0.717) is 24.5 Å². The normalized spacial score (nSPS) is 12.2. The van der Waals surface area contributed by atoms with Crippen molar-refractivity contribution in [1.82, 2.24) is 0 Å². The molecule has 1 N–H and O–H groups in total. The zero-order valence-electron chi connectivity index (χ0n) is 10.9. The van der Waals surface area contributed by atoms with Gasteiger partial charge in [0.05, 0.1) is 19.8 Å². The number of rotatable bonds is 7. The number of benzene rings is 1. The average Bonchev–Trinajstić information content (AvgIpc) is 2.38. The standard InChI is InChI=1S/C14H22O3/c1-4-6-9-17-14-10-11(12(15)5-2)7-8-13(14)16-3/h7-8,10,12,15H,4-6,9H2,1-3H3. The summed E-state index contributed by atoms with van der Waals surface area (Å²) < 4.78 is 10.9. The molecule has 0 saturated heterocycles. The van der Waals surface area contributed by atoms with Gasteiger partial charge in [0.15, 0.2) is 11.5 Å². The monoisotopic (exact) mass is 238 g/mol. The second-order valence-corrected chi connectivity index (χ2v) is 4.04.